The Hall–Kier alpha value is -2.34. The van der Waals surface area contributed by atoms with Crippen LogP contribution in [0, 0.1) is 0 Å². The lowest BCUT2D eigenvalue weighted by Crippen LogP contribution is -1.98. The maximum atomic E-state index is 10.7. The number of rotatable bonds is 4. The van der Waals surface area contributed by atoms with Crippen LogP contribution in [0.2, 0.25) is 0 Å². The average Bonchev–Trinajstić information content (AvgIpc) is 2.88. The standard InChI is InChI=1S/C14H11N3O2S/c18-13(19)9-5-6-10(15-7-9)8-20-14-16-11-3-1-2-4-12(11)17-14/h1-7H,8H2,(H,16,17)(H,18,19). The van der Waals surface area contributed by atoms with E-state index < -0.39 is 5.97 Å². The maximum Gasteiger partial charge on any atom is 0.337 e. The molecule has 0 atom stereocenters. The summed E-state index contributed by atoms with van der Waals surface area (Å²) in [6.45, 7) is 0. The highest BCUT2D eigenvalue weighted by Crippen LogP contribution is 2.22. The second kappa shape index (κ2) is 5.34. The maximum absolute atomic E-state index is 10.7. The first-order chi connectivity index (χ1) is 9.72. The van der Waals surface area contributed by atoms with Gasteiger partial charge in [0.2, 0.25) is 0 Å². The number of aromatic carboxylic acids is 1. The third-order valence-corrected chi connectivity index (χ3v) is 3.70. The van der Waals surface area contributed by atoms with Gasteiger partial charge in [0.25, 0.3) is 0 Å². The van der Waals surface area contributed by atoms with E-state index in [9.17, 15) is 4.79 Å². The van der Waals surface area contributed by atoms with Gasteiger partial charge in [-0.25, -0.2) is 9.78 Å². The number of fused-ring (bicyclic) bond motifs is 1. The average molecular weight is 285 g/mol. The topological polar surface area (TPSA) is 78.9 Å². The van der Waals surface area contributed by atoms with Crippen molar-refractivity contribution >= 4 is 28.8 Å². The van der Waals surface area contributed by atoms with Crippen molar-refractivity contribution < 1.29 is 9.90 Å². The van der Waals surface area contributed by atoms with Gasteiger partial charge in [0.15, 0.2) is 5.16 Å². The van der Waals surface area contributed by atoms with Crippen molar-refractivity contribution in [2.24, 2.45) is 0 Å². The molecule has 20 heavy (non-hydrogen) atoms. The zero-order valence-corrected chi connectivity index (χ0v) is 11.2. The van der Waals surface area contributed by atoms with Crippen molar-refractivity contribution in [1.82, 2.24) is 15.0 Å². The molecular formula is C14H11N3O2S. The SMILES string of the molecule is O=C(O)c1ccc(CSc2nc3ccccc3[nH]2)nc1. The van der Waals surface area contributed by atoms with Crippen molar-refractivity contribution in [3.05, 3.63) is 53.9 Å². The number of aromatic amines is 1. The Labute approximate surface area is 119 Å². The first-order valence-corrected chi connectivity index (χ1v) is 6.97. The summed E-state index contributed by atoms with van der Waals surface area (Å²) >= 11 is 1.54. The molecule has 2 aromatic heterocycles. The van der Waals surface area contributed by atoms with Crippen LogP contribution in [-0.2, 0) is 5.75 Å². The van der Waals surface area contributed by atoms with Crippen LogP contribution in [0.25, 0.3) is 11.0 Å². The molecule has 0 fully saturated rings. The highest BCUT2D eigenvalue weighted by Gasteiger charge is 2.05. The van der Waals surface area contributed by atoms with Crippen LogP contribution >= 0.6 is 11.8 Å². The molecule has 0 aliphatic carbocycles. The summed E-state index contributed by atoms with van der Waals surface area (Å²) in [6.07, 6.45) is 1.37. The highest BCUT2D eigenvalue weighted by molar-refractivity contribution is 7.98. The van der Waals surface area contributed by atoms with E-state index in [0.29, 0.717) is 5.75 Å². The Morgan fingerprint density at radius 1 is 1.25 bits per heavy atom. The molecular weight excluding hydrogens is 274 g/mol. The molecule has 0 bridgehead atoms. The second-order valence-corrected chi connectivity index (χ2v) is 5.16. The van der Waals surface area contributed by atoms with Gasteiger partial charge in [-0.15, -0.1) is 0 Å². The lowest BCUT2D eigenvalue weighted by molar-refractivity contribution is 0.0696. The van der Waals surface area contributed by atoms with Crippen molar-refractivity contribution in [3.8, 4) is 0 Å². The molecule has 2 N–H and O–H groups in total. The Morgan fingerprint density at radius 2 is 2.10 bits per heavy atom. The fourth-order valence-electron chi connectivity index (χ4n) is 1.78. The van der Waals surface area contributed by atoms with E-state index in [2.05, 4.69) is 15.0 Å². The fraction of sp³-hybridized carbons (Fsp3) is 0.0714. The van der Waals surface area contributed by atoms with E-state index in [0.717, 1.165) is 21.9 Å². The van der Waals surface area contributed by atoms with Crippen LogP contribution in [0.5, 0.6) is 0 Å². The number of pyridine rings is 1. The number of hydrogen-bond donors (Lipinski definition) is 2. The summed E-state index contributed by atoms with van der Waals surface area (Å²) in [5, 5.41) is 9.63. The molecule has 5 nitrogen and oxygen atoms in total. The van der Waals surface area contributed by atoms with Crippen LogP contribution in [0.1, 0.15) is 16.1 Å². The van der Waals surface area contributed by atoms with Gasteiger partial charge in [-0.1, -0.05) is 23.9 Å². The van der Waals surface area contributed by atoms with Gasteiger partial charge in [0.05, 0.1) is 22.3 Å². The molecule has 0 amide bonds. The number of carboxylic acids is 1. The minimum atomic E-state index is -0.964. The number of hydrogen-bond acceptors (Lipinski definition) is 4. The van der Waals surface area contributed by atoms with E-state index >= 15 is 0 Å². The molecule has 0 saturated carbocycles. The molecule has 3 rings (SSSR count). The zero-order valence-electron chi connectivity index (χ0n) is 10.4. The molecule has 6 heteroatoms. The van der Waals surface area contributed by atoms with Gasteiger partial charge >= 0.3 is 5.97 Å². The predicted octanol–water partition coefficient (Wildman–Crippen LogP) is 2.95. The first-order valence-electron chi connectivity index (χ1n) is 5.98. The summed E-state index contributed by atoms with van der Waals surface area (Å²) in [4.78, 5) is 22.5. The number of para-hydroxylation sites is 2. The molecule has 100 valence electrons. The summed E-state index contributed by atoms with van der Waals surface area (Å²) in [5.41, 5.74) is 2.95. The molecule has 2 heterocycles. The normalized spacial score (nSPS) is 10.8. The number of benzene rings is 1. The Morgan fingerprint density at radius 3 is 2.80 bits per heavy atom. The molecule has 0 saturated heterocycles. The number of aromatic nitrogens is 3. The lowest BCUT2D eigenvalue weighted by atomic mass is 10.2. The van der Waals surface area contributed by atoms with Gasteiger partial charge in [-0.2, -0.15) is 0 Å². The van der Waals surface area contributed by atoms with Crippen LogP contribution in [-0.4, -0.2) is 26.0 Å². The molecule has 0 aliphatic rings. The Bertz CT molecular complexity index is 719. The van der Waals surface area contributed by atoms with Gasteiger partial charge in [-0.3, -0.25) is 4.98 Å². The molecule has 0 unspecified atom stereocenters. The number of thioether (sulfide) groups is 1. The van der Waals surface area contributed by atoms with Gasteiger partial charge in [-0.05, 0) is 24.3 Å². The molecule has 0 radical (unpaired) electrons. The monoisotopic (exact) mass is 285 g/mol. The molecule has 1 aromatic carbocycles. The third-order valence-electron chi connectivity index (χ3n) is 2.80. The minimum absolute atomic E-state index is 0.197. The van der Waals surface area contributed by atoms with Crippen molar-refractivity contribution in [1.29, 1.82) is 0 Å². The summed E-state index contributed by atoms with van der Waals surface area (Å²) in [6, 6.07) is 11.1. The van der Waals surface area contributed by atoms with E-state index in [4.69, 9.17) is 5.11 Å². The van der Waals surface area contributed by atoms with E-state index in [1.54, 1.807) is 12.1 Å². The predicted molar refractivity (Wildman–Crippen MR) is 76.9 cm³/mol. The minimum Gasteiger partial charge on any atom is -0.478 e. The Balaban J connectivity index is 1.71. The van der Waals surface area contributed by atoms with E-state index in [1.165, 1.54) is 18.0 Å². The van der Waals surface area contributed by atoms with Crippen molar-refractivity contribution in [2.45, 2.75) is 10.9 Å². The van der Waals surface area contributed by atoms with Crippen LogP contribution in [0.15, 0.2) is 47.8 Å². The van der Waals surface area contributed by atoms with E-state index in [1.807, 2.05) is 24.3 Å². The lowest BCUT2D eigenvalue weighted by Gasteiger charge is -1.99. The quantitative estimate of drug-likeness (QED) is 0.720. The van der Waals surface area contributed by atoms with Gasteiger partial charge in [0, 0.05) is 11.9 Å². The smallest absolute Gasteiger partial charge is 0.337 e. The number of carboxylic acid groups (broad SMARTS) is 1. The van der Waals surface area contributed by atoms with Crippen molar-refractivity contribution in [3.63, 3.8) is 0 Å². The molecule has 3 aromatic rings. The van der Waals surface area contributed by atoms with Crippen molar-refractivity contribution in [2.75, 3.05) is 0 Å². The zero-order chi connectivity index (χ0) is 13.9. The first kappa shape index (κ1) is 12.7. The number of carbonyl (C=O) groups is 1. The van der Waals surface area contributed by atoms with Crippen LogP contribution in [0.3, 0.4) is 0 Å². The molecule has 0 aliphatic heterocycles. The van der Waals surface area contributed by atoms with Gasteiger partial charge < -0.3 is 10.1 Å². The van der Waals surface area contributed by atoms with E-state index in [-0.39, 0.29) is 5.56 Å². The summed E-state index contributed by atoms with van der Waals surface area (Å²) < 4.78 is 0. The third kappa shape index (κ3) is 2.65. The summed E-state index contributed by atoms with van der Waals surface area (Å²) in [5.74, 6) is -0.325. The largest absolute Gasteiger partial charge is 0.478 e. The summed E-state index contributed by atoms with van der Waals surface area (Å²) in [7, 11) is 0. The Kier molecular flexibility index (Phi) is 3.39. The molecule has 0 spiro atoms. The number of nitrogens with zero attached hydrogens (tertiary/aromatic N) is 2. The highest BCUT2D eigenvalue weighted by atomic mass is 32.2. The van der Waals surface area contributed by atoms with Gasteiger partial charge in [0.1, 0.15) is 0 Å². The number of imidazole rings is 1. The fourth-order valence-corrected chi connectivity index (χ4v) is 2.58. The van der Waals surface area contributed by atoms with Crippen LogP contribution in [0.4, 0.5) is 0 Å². The van der Waals surface area contributed by atoms with Crippen LogP contribution < -0.4 is 0 Å². The number of nitrogens with one attached hydrogen (secondary N) is 1. The second-order valence-electron chi connectivity index (χ2n) is 4.19. The number of H-pyrrole nitrogens is 1.